The van der Waals surface area contributed by atoms with E-state index in [0.29, 0.717) is 0 Å². The third-order valence-corrected chi connectivity index (χ3v) is 23.7. The van der Waals surface area contributed by atoms with Gasteiger partial charge >= 0.3 is 0 Å². The van der Waals surface area contributed by atoms with Crippen LogP contribution in [-0.4, -0.2) is 46.0 Å². The van der Waals surface area contributed by atoms with Crippen LogP contribution in [0.5, 0.6) is 34.5 Å². The fourth-order valence-corrected chi connectivity index (χ4v) is 15.4. The zero-order valence-corrected chi connectivity index (χ0v) is 60.9. The van der Waals surface area contributed by atoms with Gasteiger partial charge in [0.25, 0.3) is 0 Å². The van der Waals surface area contributed by atoms with Gasteiger partial charge in [0.15, 0.2) is 14.7 Å². The average Bonchev–Trinajstić information content (AvgIpc) is 3.81. The molecule has 0 aliphatic rings. The molecule has 0 amide bonds. The van der Waals surface area contributed by atoms with Gasteiger partial charge < -0.3 is 14.2 Å². The van der Waals surface area contributed by atoms with Crippen LogP contribution in [0.1, 0.15) is 11.1 Å². The van der Waals surface area contributed by atoms with Crippen molar-refractivity contribution in [2.24, 2.45) is 0 Å². The highest BCUT2D eigenvalue weighted by molar-refractivity contribution is 8.00. The van der Waals surface area contributed by atoms with Crippen molar-refractivity contribution in [2.75, 3.05) is 37.5 Å². The summed E-state index contributed by atoms with van der Waals surface area (Å²) < 4.78 is 40.1. The van der Waals surface area contributed by atoms with Crippen LogP contribution in [0.25, 0.3) is 0 Å². The minimum absolute atomic E-state index is 0.0183. The van der Waals surface area contributed by atoms with E-state index < -0.39 is 21.6 Å². The Labute approximate surface area is 588 Å². The summed E-state index contributed by atoms with van der Waals surface area (Å²) in [5, 5.41) is 0. The molecular formula is C80H74O5S9+2. The number of para-hydroxylation sites is 2. The van der Waals surface area contributed by atoms with E-state index >= 15 is 0 Å². The van der Waals surface area contributed by atoms with Crippen LogP contribution in [0.3, 0.4) is 0 Å². The molecule has 0 aromatic heterocycles. The Bertz CT molecular complexity index is 4150. The molecule has 0 saturated carbocycles. The third-order valence-electron chi connectivity index (χ3n) is 13.8. The van der Waals surface area contributed by atoms with Gasteiger partial charge in [-0.25, -0.2) is 0 Å². The second kappa shape index (κ2) is 37.2. The summed E-state index contributed by atoms with van der Waals surface area (Å²) in [6, 6.07) is 103. The quantitative estimate of drug-likeness (QED) is 0.0545. The van der Waals surface area contributed by atoms with Gasteiger partial charge in [-0.3, -0.25) is 8.42 Å². The Morgan fingerprint density at radius 3 is 0.787 bits per heavy atom. The first-order chi connectivity index (χ1) is 45.7. The van der Waals surface area contributed by atoms with Gasteiger partial charge in [-0.15, -0.1) is 11.8 Å². The molecule has 14 heteroatoms. The highest BCUT2D eigenvalue weighted by Crippen LogP contribution is 2.36. The molecule has 0 radical (unpaired) electrons. The van der Waals surface area contributed by atoms with Crippen LogP contribution in [-0.2, 0) is 43.4 Å². The van der Waals surface area contributed by atoms with E-state index in [4.69, 9.17) is 14.2 Å². The van der Waals surface area contributed by atoms with Crippen molar-refractivity contribution in [3.63, 3.8) is 0 Å². The number of benzene rings is 12. The fraction of sp³-hybridized carbons (Fsp3) is 0.100. The maximum absolute atomic E-state index is 11.3. The summed E-state index contributed by atoms with van der Waals surface area (Å²) in [7, 11) is -1.58. The molecule has 3 atom stereocenters. The first-order valence-corrected chi connectivity index (χ1v) is 41.2. The number of aryl methyl sites for hydroxylation is 2. The van der Waals surface area contributed by atoms with Crippen molar-refractivity contribution in [2.45, 2.75) is 82.4 Å². The van der Waals surface area contributed by atoms with Gasteiger partial charge in [-0.05, 0) is 263 Å². The minimum Gasteiger partial charge on any atom is -0.457 e. The van der Waals surface area contributed by atoms with E-state index in [1.165, 1.54) is 60.1 Å². The zero-order chi connectivity index (χ0) is 66.0. The van der Waals surface area contributed by atoms with Gasteiger partial charge in [0, 0.05) is 98.9 Å². The van der Waals surface area contributed by atoms with Crippen LogP contribution in [0.2, 0.25) is 0 Å². The second-order valence-corrected chi connectivity index (χ2v) is 33.5. The highest BCUT2D eigenvalue weighted by Gasteiger charge is 2.20. The molecule has 0 spiro atoms. The number of hydrogen-bond donors (Lipinski definition) is 0. The Balaban J connectivity index is 0.000000155. The summed E-state index contributed by atoms with van der Waals surface area (Å²) in [5.74, 6) is 5.19. The van der Waals surface area contributed by atoms with Crippen molar-refractivity contribution in [3.8, 4) is 34.5 Å². The van der Waals surface area contributed by atoms with Gasteiger partial charge in [-0.1, -0.05) is 119 Å². The lowest BCUT2D eigenvalue weighted by Gasteiger charge is -2.08. The van der Waals surface area contributed by atoms with Crippen molar-refractivity contribution in [1.29, 1.82) is 0 Å². The summed E-state index contributed by atoms with van der Waals surface area (Å²) in [6.07, 6.45) is 12.2. The minimum atomic E-state index is -0.935. The third kappa shape index (κ3) is 23.6. The van der Waals surface area contributed by atoms with Crippen molar-refractivity contribution >= 4 is 102 Å². The molecule has 5 nitrogen and oxygen atoms in total. The molecule has 476 valence electrons. The Kier molecular flexibility index (Phi) is 28.1. The number of thioether (sulfide) groups is 1. The van der Waals surface area contributed by atoms with E-state index in [9.17, 15) is 8.42 Å². The van der Waals surface area contributed by atoms with Crippen LogP contribution in [0, 0.1) is 13.8 Å². The first-order valence-electron chi connectivity index (χ1n) is 29.9. The van der Waals surface area contributed by atoms with Gasteiger partial charge in [0.1, 0.15) is 53.3 Å². The summed E-state index contributed by atoms with van der Waals surface area (Å²) in [6.45, 7) is 4.23. The largest absolute Gasteiger partial charge is 0.457 e. The standard InChI is InChI=1S/C28H28OS3.C26H22OS3.C14H14O2S3.C12H10O/c1-21-5-11-24(12-6-21)30-25-13-19-28(20-14-25)32(4)27-17-9-23(10-18-27)29-22-7-15-26(16-8-22)31(2)3;1-19-3-9-23(10-4-19)29-25-15-17-26(18-16-25)30-24-13-7-21(8-14-24)27-20-5-11-22(28-2)12-6-20;1-18(15)13-7-3-11(4-8-13)17-12-5-9-14(10-6-12)19(2)16;1-3-7-11(8-4-1)13-12-9-5-2-6-10-12/h5-20H,1-4H3;3-18H,1-2H3;3-10H,1-2H3;1-10H/q+2;;;. The van der Waals surface area contributed by atoms with E-state index in [-0.39, 0.29) is 21.8 Å². The molecule has 0 bridgehead atoms. The van der Waals surface area contributed by atoms with Crippen LogP contribution < -0.4 is 14.2 Å². The van der Waals surface area contributed by atoms with E-state index in [1.807, 2.05) is 133 Å². The predicted octanol–water partition coefficient (Wildman–Crippen LogP) is 23.4. The van der Waals surface area contributed by atoms with Crippen molar-refractivity contribution in [1.82, 2.24) is 0 Å². The predicted molar refractivity (Wildman–Crippen MR) is 407 cm³/mol. The lowest BCUT2D eigenvalue weighted by molar-refractivity contribution is 0.481. The summed E-state index contributed by atoms with van der Waals surface area (Å²) in [4.78, 5) is 16.6. The molecule has 0 saturated heterocycles. The molecule has 0 N–H and O–H groups in total. The number of hydrogen-bond acceptors (Lipinski definition) is 10. The molecule has 12 rings (SSSR count). The van der Waals surface area contributed by atoms with Crippen LogP contribution in [0.4, 0.5) is 0 Å². The van der Waals surface area contributed by atoms with Gasteiger partial charge in [-0.2, -0.15) is 0 Å². The molecule has 12 aromatic carbocycles. The molecule has 94 heavy (non-hydrogen) atoms. The fourth-order valence-electron chi connectivity index (χ4n) is 8.68. The molecule has 0 aliphatic carbocycles. The lowest BCUT2D eigenvalue weighted by Crippen LogP contribution is -2.00. The number of rotatable bonds is 20. The Morgan fingerprint density at radius 1 is 0.277 bits per heavy atom. The van der Waals surface area contributed by atoms with Gasteiger partial charge in [0.05, 0.1) is 10.9 Å². The summed E-state index contributed by atoms with van der Waals surface area (Å²) in [5.41, 5.74) is 2.58. The number of ether oxygens (including phenoxy) is 3. The summed E-state index contributed by atoms with van der Waals surface area (Å²) >= 11 is 8.71. The lowest BCUT2D eigenvalue weighted by atomic mass is 10.2. The van der Waals surface area contributed by atoms with E-state index in [1.54, 1.807) is 71.3 Å². The molecule has 3 unspecified atom stereocenters. The topological polar surface area (TPSA) is 61.8 Å². The zero-order valence-electron chi connectivity index (χ0n) is 53.6. The first kappa shape index (κ1) is 71.1. The Hall–Kier alpha value is -7.21. The Morgan fingerprint density at radius 2 is 0.500 bits per heavy atom. The average molecular weight is 1400 g/mol. The van der Waals surface area contributed by atoms with E-state index in [0.717, 1.165) is 54.1 Å². The maximum atomic E-state index is 11.3. The van der Waals surface area contributed by atoms with Crippen LogP contribution in [0.15, 0.2) is 372 Å². The van der Waals surface area contributed by atoms with Crippen LogP contribution >= 0.6 is 58.8 Å². The molecular weight excluding hydrogens is 1330 g/mol. The monoisotopic (exact) mass is 1400 g/mol. The highest BCUT2D eigenvalue weighted by atomic mass is 32.2. The van der Waals surface area contributed by atoms with Gasteiger partial charge in [0.2, 0.25) is 0 Å². The van der Waals surface area contributed by atoms with E-state index in [2.05, 4.69) is 209 Å². The van der Waals surface area contributed by atoms with Crippen molar-refractivity contribution in [3.05, 3.63) is 314 Å². The van der Waals surface area contributed by atoms with Crippen molar-refractivity contribution < 1.29 is 22.6 Å². The molecule has 0 fully saturated rings. The maximum Gasteiger partial charge on any atom is 0.160 e. The SMILES string of the molecule is CS(=O)c1ccc(Sc2ccc(S(C)=O)cc2)cc1.CSc1ccc(Oc2ccc(Sc3ccc(Sc4ccc(C)cc4)cc3)cc2)cc1.Cc1ccc(Sc2ccc([S+](C)c3ccc(Oc4ccc([S+](C)C)cc4)cc3)cc2)cc1.c1ccc(Oc2ccccc2)cc1. The molecule has 0 aliphatic heterocycles. The molecule has 12 aromatic rings. The normalized spacial score (nSPS) is 11.7. The molecule has 0 heterocycles. The second-order valence-electron chi connectivity index (χ2n) is 21.2. The smallest absolute Gasteiger partial charge is 0.160 e.